The van der Waals surface area contributed by atoms with Gasteiger partial charge in [0.05, 0.1) is 5.56 Å². The maximum Gasteiger partial charge on any atom is 0.407 e. The fraction of sp³-hybridized carbons (Fsp3) is 0.375. The Kier molecular flexibility index (Phi) is 5.92. The number of halogens is 1. The highest BCUT2D eigenvalue weighted by Gasteiger charge is 2.15. The first-order valence-corrected chi connectivity index (χ1v) is 6.52. The summed E-state index contributed by atoms with van der Waals surface area (Å²) in [6.07, 6.45) is 0.469. The van der Waals surface area contributed by atoms with E-state index in [1.807, 2.05) is 0 Å². The first kappa shape index (κ1) is 16.7. The predicted molar refractivity (Wildman–Crippen MR) is 77.5 cm³/mol. The van der Waals surface area contributed by atoms with Gasteiger partial charge < -0.3 is 10.1 Å². The second-order valence-electron chi connectivity index (χ2n) is 5.34. The fourth-order valence-electron chi connectivity index (χ4n) is 1.41. The monoisotopic (exact) mass is 291 g/mol. The van der Waals surface area contributed by atoms with Crippen LogP contribution in [0.1, 0.15) is 43.1 Å². The molecule has 0 fully saturated rings. The van der Waals surface area contributed by atoms with Crippen LogP contribution in [0, 0.1) is 17.7 Å². The van der Waals surface area contributed by atoms with Gasteiger partial charge in [-0.25, -0.2) is 9.18 Å². The zero-order valence-electron chi connectivity index (χ0n) is 12.3. The van der Waals surface area contributed by atoms with Gasteiger partial charge >= 0.3 is 6.09 Å². The van der Waals surface area contributed by atoms with Gasteiger partial charge in [0.25, 0.3) is 0 Å². The topological polar surface area (TPSA) is 55.4 Å². The van der Waals surface area contributed by atoms with Gasteiger partial charge in [-0.05, 0) is 39.0 Å². The van der Waals surface area contributed by atoms with E-state index in [-0.39, 0.29) is 5.56 Å². The standard InChI is InChI=1S/C16H18FNO3/c1-16(2,3)21-15(20)18-9-5-4-6-13-10-12(11-19)7-8-14(13)17/h7-8,10-11H,5,9H2,1-3H3,(H,18,20). The molecule has 0 aliphatic carbocycles. The molecule has 0 unspecified atom stereocenters. The van der Waals surface area contributed by atoms with Crippen molar-refractivity contribution in [2.75, 3.05) is 6.54 Å². The molecule has 1 aromatic carbocycles. The number of benzene rings is 1. The van der Waals surface area contributed by atoms with E-state index < -0.39 is 17.5 Å². The number of rotatable bonds is 3. The number of hydrogen-bond donors (Lipinski definition) is 1. The first-order valence-electron chi connectivity index (χ1n) is 6.52. The molecule has 1 N–H and O–H groups in total. The lowest BCUT2D eigenvalue weighted by Gasteiger charge is -2.19. The molecule has 0 atom stereocenters. The van der Waals surface area contributed by atoms with Crippen LogP contribution in [0.15, 0.2) is 18.2 Å². The second-order valence-corrected chi connectivity index (χ2v) is 5.34. The lowest BCUT2D eigenvalue weighted by atomic mass is 10.1. The van der Waals surface area contributed by atoms with Crippen LogP contribution in [0.4, 0.5) is 9.18 Å². The summed E-state index contributed by atoms with van der Waals surface area (Å²) in [5, 5.41) is 2.55. The quantitative estimate of drug-likeness (QED) is 0.529. The molecule has 0 saturated carbocycles. The number of alkyl carbamates (subject to hydrolysis) is 1. The van der Waals surface area contributed by atoms with E-state index in [2.05, 4.69) is 17.2 Å². The Labute approximate surface area is 123 Å². The van der Waals surface area contributed by atoms with E-state index in [1.54, 1.807) is 20.8 Å². The lowest BCUT2D eigenvalue weighted by molar-refractivity contribution is 0.0529. The SMILES string of the molecule is CC(C)(C)OC(=O)NCCC#Cc1cc(C=O)ccc1F. The lowest BCUT2D eigenvalue weighted by Crippen LogP contribution is -2.32. The minimum absolute atomic E-state index is 0.164. The molecule has 0 aromatic heterocycles. The number of ether oxygens (including phenoxy) is 1. The maximum atomic E-state index is 13.4. The van der Waals surface area contributed by atoms with E-state index in [1.165, 1.54) is 18.2 Å². The Bertz CT molecular complexity index is 579. The predicted octanol–water partition coefficient (Wildman–Crippen LogP) is 2.90. The summed E-state index contributed by atoms with van der Waals surface area (Å²) in [7, 11) is 0. The van der Waals surface area contributed by atoms with Crippen molar-refractivity contribution in [3.8, 4) is 11.8 Å². The zero-order valence-corrected chi connectivity index (χ0v) is 12.3. The highest BCUT2D eigenvalue weighted by Crippen LogP contribution is 2.08. The normalized spacial score (nSPS) is 10.3. The number of amides is 1. The highest BCUT2D eigenvalue weighted by atomic mass is 19.1. The Hall–Kier alpha value is -2.35. The minimum atomic E-state index is -0.547. The van der Waals surface area contributed by atoms with Crippen molar-refractivity contribution in [1.29, 1.82) is 0 Å². The van der Waals surface area contributed by atoms with E-state index in [0.29, 0.717) is 24.8 Å². The molecule has 5 heteroatoms. The van der Waals surface area contributed by atoms with Gasteiger partial charge in [0.1, 0.15) is 17.7 Å². The third-order valence-corrected chi connectivity index (χ3v) is 2.27. The smallest absolute Gasteiger partial charge is 0.407 e. The van der Waals surface area contributed by atoms with Crippen LogP contribution >= 0.6 is 0 Å². The van der Waals surface area contributed by atoms with E-state index in [9.17, 15) is 14.0 Å². The van der Waals surface area contributed by atoms with E-state index in [0.717, 1.165) is 0 Å². The number of carbonyl (C=O) groups excluding carboxylic acids is 2. The molecular formula is C16H18FNO3. The molecule has 112 valence electrons. The van der Waals surface area contributed by atoms with Crippen LogP contribution in [0.5, 0.6) is 0 Å². The van der Waals surface area contributed by atoms with Crippen molar-refractivity contribution in [2.45, 2.75) is 32.8 Å². The van der Waals surface area contributed by atoms with Crippen LogP contribution in [-0.4, -0.2) is 24.5 Å². The van der Waals surface area contributed by atoms with Crippen LogP contribution in [-0.2, 0) is 4.74 Å². The number of nitrogens with one attached hydrogen (secondary N) is 1. The molecule has 4 nitrogen and oxygen atoms in total. The summed E-state index contributed by atoms with van der Waals surface area (Å²) in [6.45, 7) is 5.62. The van der Waals surface area contributed by atoms with Crippen LogP contribution in [0.2, 0.25) is 0 Å². The molecule has 0 aliphatic rings. The summed E-state index contributed by atoms with van der Waals surface area (Å²) >= 11 is 0. The van der Waals surface area contributed by atoms with Gasteiger partial charge in [-0.3, -0.25) is 4.79 Å². The molecule has 1 amide bonds. The fourth-order valence-corrected chi connectivity index (χ4v) is 1.41. The molecule has 0 radical (unpaired) electrons. The molecule has 1 rings (SSSR count). The molecule has 1 aromatic rings. The zero-order chi connectivity index (χ0) is 15.9. The van der Waals surface area contributed by atoms with Gasteiger partial charge in [-0.1, -0.05) is 11.8 Å². The molecule has 0 saturated heterocycles. The van der Waals surface area contributed by atoms with Gasteiger partial charge in [-0.2, -0.15) is 0 Å². The van der Waals surface area contributed by atoms with Crippen molar-refractivity contribution in [1.82, 2.24) is 5.32 Å². The summed E-state index contributed by atoms with van der Waals surface area (Å²) in [5.74, 6) is 4.89. The van der Waals surface area contributed by atoms with Crippen LogP contribution < -0.4 is 5.32 Å². The summed E-state index contributed by atoms with van der Waals surface area (Å²) in [4.78, 5) is 22.0. The summed E-state index contributed by atoms with van der Waals surface area (Å²) in [5.41, 5.74) is -0.0156. The Morgan fingerprint density at radius 1 is 1.43 bits per heavy atom. The Morgan fingerprint density at radius 2 is 2.14 bits per heavy atom. The van der Waals surface area contributed by atoms with Gasteiger partial charge in [0.15, 0.2) is 0 Å². The molecule has 0 bridgehead atoms. The summed E-state index contributed by atoms with van der Waals surface area (Å²) < 4.78 is 18.5. The highest BCUT2D eigenvalue weighted by molar-refractivity contribution is 5.75. The van der Waals surface area contributed by atoms with Gasteiger partial charge in [0.2, 0.25) is 0 Å². The van der Waals surface area contributed by atoms with Crippen LogP contribution in [0.3, 0.4) is 0 Å². The average Bonchev–Trinajstić information content (AvgIpc) is 2.38. The van der Waals surface area contributed by atoms with Crippen molar-refractivity contribution in [2.24, 2.45) is 0 Å². The third-order valence-electron chi connectivity index (χ3n) is 2.27. The number of aldehydes is 1. The number of carbonyl (C=O) groups is 2. The Morgan fingerprint density at radius 3 is 2.76 bits per heavy atom. The minimum Gasteiger partial charge on any atom is -0.444 e. The van der Waals surface area contributed by atoms with Gasteiger partial charge in [-0.15, -0.1) is 0 Å². The second kappa shape index (κ2) is 7.44. The van der Waals surface area contributed by atoms with E-state index in [4.69, 9.17) is 4.74 Å². The number of hydrogen-bond acceptors (Lipinski definition) is 3. The Balaban J connectivity index is 2.47. The van der Waals surface area contributed by atoms with Crippen molar-refractivity contribution < 1.29 is 18.7 Å². The molecule has 0 aliphatic heterocycles. The summed E-state index contributed by atoms with van der Waals surface area (Å²) in [6, 6.07) is 3.97. The van der Waals surface area contributed by atoms with Crippen molar-refractivity contribution in [3.63, 3.8) is 0 Å². The van der Waals surface area contributed by atoms with Crippen molar-refractivity contribution >= 4 is 12.4 Å². The first-order chi connectivity index (χ1) is 9.81. The average molecular weight is 291 g/mol. The molecule has 0 heterocycles. The van der Waals surface area contributed by atoms with Crippen molar-refractivity contribution in [3.05, 3.63) is 35.1 Å². The molecule has 0 spiro atoms. The van der Waals surface area contributed by atoms with Crippen LogP contribution in [0.25, 0.3) is 0 Å². The van der Waals surface area contributed by atoms with Gasteiger partial charge in [0, 0.05) is 18.5 Å². The maximum absolute atomic E-state index is 13.4. The molecular weight excluding hydrogens is 273 g/mol. The van der Waals surface area contributed by atoms with E-state index >= 15 is 0 Å². The third kappa shape index (κ3) is 6.57. The molecule has 21 heavy (non-hydrogen) atoms. The largest absolute Gasteiger partial charge is 0.444 e.